The Bertz CT molecular complexity index is 572. The first-order valence-electron chi connectivity index (χ1n) is 8.26. The lowest BCUT2D eigenvalue weighted by Gasteiger charge is -2.35. The Morgan fingerprint density at radius 2 is 2.00 bits per heavy atom. The highest BCUT2D eigenvalue weighted by Crippen LogP contribution is 2.37. The maximum atomic E-state index is 14.6. The van der Waals surface area contributed by atoms with Gasteiger partial charge < -0.3 is 9.47 Å². The molecule has 0 radical (unpaired) electrons. The van der Waals surface area contributed by atoms with Gasteiger partial charge in [-0.25, -0.2) is 9.18 Å². The van der Waals surface area contributed by atoms with Gasteiger partial charge >= 0.3 is 5.97 Å². The summed E-state index contributed by atoms with van der Waals surface area (Å²) >= 11 is 0. The van der Waals surface area contributed by atoms with E-state index in [1.165, 1.54) is 6.07 Å². The minimum absolute atomic E-state index is 0.0119. The molecule has 1 aliphatic carbocycles. The first-order valence-corrected chi connectivity index (χ1v) is 8.26. The van der Waals surface area contributed by atoms with Gasteiger partial charge in [0.05, 0.1) is 11.7 Å². The lowest BCUT2D eigenvalue weighted by atomic mass is 9.76. The van der Waals surface area contributed by atoms with E-state index in [1.807, 2.05) is 0 Å². The van der Waals surface area contributed by atoms with Crippen molar-refractivity contribution in [2.75, 3.05) is 0 Å². The molecule has 1 fully saturated rings. The Kier molecular flexibility index (Phi) is 5.02. The summed E-state index contributed by atoms with van der Waals surface area (Å²) in [7, 11) is 0. The van der Waals surface area contributed by atoms with Crippen LogP contribution in [0.4, 0.5) is 4.39 Å². The zero-order valence-electron chi connectivity index (χ0n) is 14.7. The molecule has 1 saturated carbocycles. The van der Waals surface area contributed by atoms with Gasteiger partial charge in [0.2, 0.25) is 0 Å². The Morgan fingerprint density at radius 3 is 2.61 bits per heavy atom. The molecule has 0 aliphatic heterocycles. The SMILES string of the molecule is CC1(C)CCCC(Oc2cccc(C(=O)OC(C)(C)C)c2F)C1. The van der Waals surface area contributed by atoms with Crippen molar-refractivity contribution < 1.29 is 18.7 Å². The average molecular weight is 322 g/mol. The third-order valence-electron chi connectivity index (χ3n) is 4.04. The van der Waals surface area contributed by atoms with Crippen LogP contribution in [0.3, 0.4) is 0 Å². The first kappa shape index (κ1) is 17.8. The fourth-order valence-electron chi connectivity index (χ4n) is 3.00. The zero-order chi connectivity index (χ0) is 17.3. The molecule has 0 aromatic heterocycles. The van der Waals surface area contributed by atoms with Gasteiger partial charge in [-0.1, -0.05) is 19.9 Å². The Hall–Kier alpha value is -1.58. The summed E-state index contributed by atoms with van der Waals surface area (Å²) in [5, 5.41) is 0. The van der Waals surface area contributed by atoms with Crippen LogP contribution in [0.5, 0.6) is 5.75 Å². The van der Waals surface area contributed by atoms with Crippen LogP contribution in [0.2, 0.25) is 0 Å². The zero-order valence-corrected chi connectivity index (χ0v) is 14.7. The molecular weight excluding hydrogens is 295 g/mol. The van der Waals surface area contributed by atoms with E-state index in [0.717, 1.165) is 25.7 Å². The van der Waals surface area contributed by atoms with Crippen LogP contribution in [0, 0.1) is 11.2 Å². The molecule has 1 unspecified atom stereocenters. The van der Waals surface area contributed by atoms with Crippen molar-refractivity contribution in [1.29, 1.82) is 0 Å². The van der Waals surface area contributed by atoms with Gasteiger partial charge in [-0.15, -0.1) is 0 Å². The predicted molar refractivity (Wildman–Crippen MR) is 88.2 cm³/mol. The summed E-state index contributed by atoms with van der Waals surface area (Å²) in [4.78, 5) is 12.1. The normalized spacial score (nSPS) is 20.9. The molecule has 1 atom stereocenters. The quantitative estimate of drug-likeness (QED) is 0.724. The number of halogens is 1. The van der Waals surface area contributed by atoms with Crippen LogP contribution in [-0.2, 0) is 4.74 Å². The number of hydrogen-bond donors (Lipinski definition) is 0. The van der Waals surface area contributed by atoms with E-state index >= 15 is 0 Å². The fraction of sp³-hybridized carbons (Fsp3) is 0.632. The van der Waals surface area contributed by atoms with Crippen LogP contribution in [0.15, 0.2) is 18.2 Å². The highest BCUT2D eigenvalue weighted by Gasteiger charge is 2.30. The second kappa shape index (κ2) is 6.50. The molecule has 23 heavy (non-hydrogen) atoms. The van der Waals surface area contributed by atoms with Gasteiger partial charge in [-0.3, -0.25) is 0 Å². The van der Waals surface area contributed by atoms with E-state index in [1.54, 1.807) is 32.9 Å². The first-order chi connectivity index (χ1) is 10.6. The van der Waals surface area contributed by atoms with Gasteiger partial charge in [0, 0.05) is 0 Å². The van der Waals surface area contributed by atoms with E-state index in [2.05, 4.69) is 13.8 Å². The number of carbonyl (C=O) groups excluding carboxylic acids is 1. The molecule has 4 heteroatoms. The molecule has 0 amide bonds. The number of carbonyl (C=O) groups is 1. The molecule has 3 nitrogen and oxygen atoms in total. The summed E-state index contributed by atoms with van der Waals surface area (Å²) in [6.45, 7) is 9.68. The molecule has 1 aromatic carbocycles. The van der Waals surface area contributed by atoms with Crippen molar-refractivity contribution in [3.05, 3.63) is 29.6 Å². The predicted octanol–water partition coefficient (Wildman–Crippen LogP) is 5.13. The fourth-order valence-corrected chi connectivity index (χ4v) is 3.00. The standard InChI is InChI=1S/C19H27FO3/c1-18(2,3)23-17(21)14-9-6-10-15(16(14)20)22-13-8-7-11-19(4,5)12-13/h6,9-10,13H,7-8,11-12H2,1-5H3. The summed E-state index contributed by atoms with van der Waals surface area (Å²) in [5.41, 5.74) is -0.525. The van der Waals surface area contributed by atoms with Crippen molar-refractivity contribution >= 4 is 5.97 Å². The van der Waals surface area contributed by atoms with E-state index in [4.69, 9.17) is 9.47 Å². The monoisotopic (exact) mass is 322 g/mol. The summed E-state index contributed by atoms with van der Waals surface area (Å²) < 4.78 is 25.7. The highest BCUT2D eigenvalue weighted by molar-refractivity contribution is 5.90. The number of esters is 1. The highest BCUT2D eigenvalue weighted by atomic mass is 19.1. The Morgan fingerprint density at radius 1 is 1.30 bits per heavy atom. The lowest BCUT2D eigenvalue weighted by Crippen LogP contribution is -2.30. The third-order valence-corrected chi connectivity index (χ3v) is 4.04. The number of hydrogen-bond acceptors (Lipinski definition) is 3. The molecule has 0 heterocycles. The molecular formula is C19H27FO3. The van der Waals surface area contributed by atoms with Crippen LogP contribution in [0.25, 0.3) is 0 Å². The summed E-state index contributed by atoms with van der Waals surface area (Å²) in [6.07, 6.45) is 4.03. The topological polar surface area (TPSA) is 35.5 Å². The van der Waals surface area contributed by atoms with Crippen LogP contribution in [0.1, 0.15) is 70.7 Å². The molecule has 0 bridgehead atoms. The van der Waals surface area contributed by atoms with E-state index in [0.29, 0.717) is 0 Å². The largest absolute Gasteiger partial charge is 0.487 e. The van der Waals surface area contributed by atoms with Crippen LogP contribution < -0.4 is 4.74 Å². The maximum Gasteiger partial charge on any atom is 0.341 e. The molecule has 1 aromatic rings. The van der Waals surface area contributed by atoms with Crippen molar-refractivity contribution in [2.24, 2.45) is 5.41 Å². The van der Waals surface area contributed by atoms with Crippen molar-refractivity contribution in [3.63, 3.8) is 0 Å². The molecule has 0 saturated heterocycles. The molecule has 1 aliphatic rings. The van der Waals surface area contributed by atoms with Crippen LogP contribution in [-0.4, -0.2) is 17.7 Å². The number of rotatable bonds is 3. The molecule has 0 spiro atoms. The van der Waals surface area contributed by atoms with E-state index < -0.39 is 17.4 Å². The maximum absolute atomic E-state index is 14.6. The second-order valence-electron chi connectivity index (χ2n) is 8.12. The van der Waals surface area contributed by atoms with Crippen molar-refractivity contribution in [2.45, 2.75) is 72.0 Å². The van der Waals surface area contributed by atoms with Gasteiger partial charge in [0.1, 0.15) is 5.60 Å². The minimum atomic E-state index is -0.663. The lowest BCUT2D eigenvalue weighted by molar-refractivity contribution is 0.00623. The molecule has 0 N–H and O–H groups in total. The third kappa shape index (κ3) is 4.95. The summed E-state index contributed by atoms with van der Waals surface area (Å²) in [5.74, 6) is -1.16. The number of benzene rings is 1. The molecule has 128 valence electrons. The van der Waals surface area contributed by atoms with Gasteiger partial charge in [-0.05, 0) is 64.0 Å². The van der Waals surface area contributed by atoms with Crippen molar-refractivity contribution in [3.8, 4) is 5.75 Å². The van der Waals surface area contributed by atoms with Gasteiger partial charge in [0.15, 0.2) is 11.6 Å². The molecule has 2 rings (SSSR count). The second-order valence-corrected chi connectivity index (χ2v) is 8.12. The number of ether oxygens (including phenoxy) is 2. The Balaban J connectivity index is 2.15. The van der Waals surface area contributed by atoms with Gasteiger partial charge in [0.25, 0.3) is 0 Å². The average Bonchev–Trinajstić information content (AvgIpc) is 2.38. The van der Waals surface area contributed by atoms with Crippen LogP contribution >= 0.6 is 0 Å². The van der Waals surface area contributed by atoms with E-state index in [9.17, 15) is 9.18 Å². The van der Waals surface area contributed by atoms with Gasteiger partial charge in [-0.2, -0.15) is 0 Å². The minimum Gasteiger partial charge on any atom is -0.487 e. The summed E-state index contributed by atoms with van der Waals surface area (Å²) in [6, 6.07) is 4.64. The van der Waals surface area contributed by atoms with Crippen molar-refractivity contribution in [1.82, 2.24) is 0 Å². The van der Waals surface area contributed by atoms with E-state index in [-0.39, 0.29) is 22.8 Å². The smallest absolute Gasteiger partial charge is 0.341 e. The Labute approximate surface area is 138 Å².